The van der Waals surface area contributed by atoms with E-state index in [-0.39, 0.29) is 0 Å². The molecule has 82 valence electrons. The van der Waals surface area contributed by atoms with E-state index in [1.165, 1.54) is 10.5 Å². The van der Waals surface area contributed by atoms with E-state index in [9.17, 15) is 0 Å². The number of nitrogens with zero attached hydrogens (tertiary/aromatic N) is 1. The second-order valence-electron chi connectivity index (χ2n) is 3.69. The highest BCUT2D eigenvalue weighted by molar-refractivity contribution is 7.99. The van der Waals surface area contributed by atoms with Crippen LogP contribution in [-0.4, -0.2) is 4.98 Å². The summed E-state index contributed by atoms with van der Waals surface area (Å²) in [4.78, 5) is 6.44. The monoisotopic (exact) mass is 249 g/mol. The van der Waals surface area contributed by atoms with Crippen LogP contribution in [0.15, 0.2) is 46.3 Å². The normalized spacial score (nSPS) is 10.4. The highest BCUT2D eigenvalue weighted by Crippen LogP contribution is 2.31. The van der Waals surface area contributed by atoms with Crippen molar-refractivity contribution in [2.75, 3.05) is 0 Å². The number of benzene rings is 1. The first-order valence-electron chi connectivity index (χ1n) is 5.02. The van der Waals surface area contributed by atoms with Crippen LogP contribution in [-0.2, 0) is 0 Å². The molecule has 0 atom stereocenters. The zero-order chi connectivity index (χ0) is 11.5. The molecule has 0 amide bonds. The summed E-state index contributed by atoms with van der Waals surface area (Å²) in [5.74, 6) is 0. The third-order valence-electron chi connectivity index (χ3n) is 2.24. The van der Waals surface area contributed by atoms with Gasteiger partial charge in [0.2, 0.25) is 0 Å². The first-order chi connectivity index (χ1) is 7.65. The van der Waals surface area contributed by atoms with Crippen molar-refractivity contribution in [1.29, 1.82) is 0 Å². The van der Waals surface area contributed by atoms with Gasteiger partial charge in [0, 0.05) is 16.0 Å². The molecular weight excluding hydrogens is 238 g/mol. The average molecular weight is 250 g/mol. The predicted octanol–water partition coefficient (Wildman–Crippen LogP) is 4.50. The van der Waals surface area contributed by atoms with Crippen LogP contribution < -0.4 is 0 Å². The van der Waals surface area contributed by atoms with Gasteiger partial charge in [0.15, 0.2) is 0 Å². The maximum absolute atomic E-state index is 5.89. The first-order valence-corrected chi connectivity index (χ1v) is 6.21. The minimum Gasteiger partial charge on any atom is -0.244 e. The van der Waals surface area contributed by atoms with Crippen LogP contribution in [0.5, 0.6) is 0 Å². The molecule has 0 radical (unpaired) electrons. The molecule has 1 heterocycles. The molecule has 16 heavy (non-hydrogen) atoms. The molecule has 1 aromatic carbocycles. The molecule has 0 saturated heterocycles. The molecule has 0 fully saturated rings. The van der Waals surface area contributed by atoms with Crippen molar-refractivity contribution in [3.8, 4) is 0 Å². The Hall–Kier alpha value is -0.990. The minimum atomic E-state index is 0.542. The van der Waals surface area contributed by atoms with E-state index in [4.69, 9.17) is 11.6 Å². The van der Waals surface area contributed by atoms with Crippen molar-refractivity contribution in [2.45, 2.75) is 23.6 Å². The van der Waals surface area contributed by atoms with E-state index >= 15 is 0 Å². The van der Waals surface area contributed by atoms with Gasteiger partial charge in [-0.2, -0.15) is 0 Å². The number of hydrogen-bond donors (Lipinski definition) is 0. The number of rotatable bonds is 2. The molecule has 3 heteroatoms. The summed E-state index contributed by atoms with van der Waals surface area (Å²) in [6, 6.07) is 10.3. The van der Waals surface area contributed by atoms with E-state index in [2.05, 4.69) is 36.2 Å². The smallest absolute Gasteiger partial charge is 0.130 e. The molecular formula is C13H12ClNS. The van der Waals surface area contributed by atoms with Crippen molar-refractivity contribution >= 4 is 23.4 Å². The van der Waals surface area contributed by atoms with Gasteiger partial charge < -0.3 is 0 Å². The maximum atomic E-state index is 5.89. The zero-order valence-electron chi connectivity index (χ0n) is 9.20. The van der Waals surface area contributed by atoms with Gasteiger partial charge >= 0.3 is 0 Å². The highest BCUT2D eigenvalue weighted by atomic mass is 35.5. The van der Waals surface area contributed by atoms with Crippen LogP contribution in [0, 0.1) is 13.8 Å². The highest BCUT2D eigenvalue weighted by Gasteiger charge is 2.03. The largest absolute Gasteiger partial charge is 0.244 e. The van der Waals surface area contributed by atoms with Gasteiger partial charge in [0.1, 0.15) is 5.15 Å². The fourth-order valence-electron chi connectivity index (χ4n) is 1.40. The number of halogens is 1. The number of pyridine rings is 1. The van der Waals surface area contributed by atoms with Crippen molar-refractivity contribution in [3.63, 3.8) is 0 Å². The molecule has 0 aliphatic heterocycles. The zero-order valence-corrected chi connectivity index (χ0v) is 10.8. The molecule has 1 aromatic heterocycles. The molecule has 0 unspecified atom stereocenters. The van der Waals surface area contributed by atoms with Crippen molar-refractivity contribution in [3.05, 3.63) is 52.8 Å². The Morgan fingerprint density at radius 2 is 2.00 bits per heavy atom. The molecule has 0 saturated carbocycles. The Bertz CT molecular complexity index is 511. The first kappa shape index (κ1) is 11.5. The van der Waals surface area contributed by atoms with E-state index < -0.39 is 0 Å². The van der Waals surface area contributed by atoms with Gasteiger partial charge in [-0.3, -0.25) is 0 Å². The SMILES string of the molecule is Cc1cccc(Sc2cc(Cl)ncc2C)c1. The second kappa shape index (κ2) is 4.89. The van der Waals surface area contributed by atoms with Crippen LogP contribution in [0.3, 0.4) is 0 Å². The Labute approximate surface area is 105 Å². The minimum absolute atomic E-state index is 0.542. The van der Waals surface area contributed by atoms with E-state index in [1.807, 2.05) is 13.0 Å². The lowest BCUT2D eigenvalue weighted by atomic mass is 10.2. The Morgan fingerprint density at radius 1 is 1.19 bits per heavy atom. The Kier molecular flexibility index (Phi) is 3.52. The standard InChI is InChI=1S/C13H12ClNS/c1-9-4-3-5-11(6-9)16-12-7-13(14)15-8-10(12)2/h3-8H,1-2H3. The van der Waals surface area contributed by atoms with Crippen LogP contribution >= 0.6 is 23.4 Å². The van der Waals surface area contributed by atoms with Crippen molar-refractivity contribution in [1.82, 2.24) is 4.98 Å². The molecule has 0 N–H and O–H groups in total. The Morgan fingerprint density at radius 3 is 2.75 bits per heavy atom. The number of aryl methyl sites for hydroxylation is 2. The fourth-order valence-corrected chi connectivity index (χ4v) is 2.65. The van der Waals surface area contributed by atoms with Gasteiger partial charge in [-0.05, 0) is 37.6 Å². The number of hydrogen-bond acceptors (Lipinski definition) is 2. The van der Waals surface area contributed by atoms with Gasteiger partial charge in [-0.15, -0.1) is 0 Å². The summed E-state index contributed by atoms with van der Waals surface area (Å²) in [5.41, 5.74) is 2.42. The summed E-state index contributed by atoms with van der Waals surface area (Å²) in [7, 11) is 0. The summed E-state index contributed by atoms with van der Waals surface area (Å²) in [6.07, 6.45) is 1.81. The quantitative estimate of drug-likeness (QED) is 0.727. The molecule has 2 aromatic rings. The summed E-state index contributed by atoms with van der Waals surface area (Å²) < 4.78 is 0. The third kappa shape index (κ3) is 2.77. The molecule has 1 nitrogen and oxygen atoms in total. The lowest BCUT2D eigenvalue weighted by molar-refractivity contribution is 1.18. The maximum Gasteiger partial charge on any atom is 0.130 e. The predicted molar refractivity (Wildman–Crippen MR) is 69.3 cm³/mol. The van der Waals surface area contributed by atoms with Crippen LogP contribution in [0.4, 0.5) is 0 Å². The topological polar surface area (TPSA) is 12.9 Å². The Balaban J connectivity index is 2.30. The lowest BCUT2D eigenvalue weighted by Gasteiger charge is -2.06. The number of aromatic nitrogens is 1. The van der Waals surface area contributed by atoms with Gasteiger partial charge in [-0.25, -0.2) is 4.98 Å². The van der Waals surface area contributed by atoms with E-state index in [0.29, 0.717) is 5.15 Å². The molecule has 0 spiro atoms. The second-order valence-corrected chi connectivity index (χ2v) is 5.19. The van der Waals surface area contributed by atoms with E-state index in [1.54, 1.807) is 18.0 Å². The van der Waals surface area contributed by atoms with Crippen LogP contribution in [0.1, 0.15) is 11.1 Å². The van der Waals surface area contributed by atoms with Crippen LogP contribution in [0.25, 0.3) is 0 Å². The average Bonchev–Trinajstić information content (AvgIpc) is 2.24. The van der Waals surface area contributed by atoms with Crippen molar-refractivity contribution < 1.29 is 0 Å². The van der Waals surface area contributed by atoms with Gasteiger partial charge in [0.05, 0.1) is 0 Å². The lowest BCUT2D eigenvalue weighted by Crippen LogP contribution is -1.83. The molecule has 0 aliphatic rings. The van der Waals surface area contributed by atoms with Gasteiger partial charge in [-0.1, -0.05) is 41.1 Å². The fraction of sp³-hybridized carbons (Fsp3) is 0.154. The molecule has 0 aliphatic carbocycles. The summed E-state index contributed by atoms with van der Waals surface area (Å²) in [6.45, 7) is 4.14. The summed E-state index contributed by atoms with van der Waals surface area (Å²) >= 11 is 7.61. The van der Waals surface area contributed by atoms with Crippen LogP contribution in [0.2, 0.25) is 5.15 Å². The molecule has 0 bridgehead atoms. The summed E-state index contributed by atoms with van der Waals surface area (Å²) in [5, 5.41) is 0.542. The van der Waals surface area contributed by atoms with E-state index in [0.717, 1.165) is 10.5 Å². The molecule has 2 rings (SSSR count). The third-order valence-corrected chi connectivity index (χ3v) is 3.59. The van der Waals surface area contributed by atoms with Crippen molar-refractivity contribution in [2.24, 2.45) is 0 Å². The van der Waals surface area contributed by atoms with Gasteiger partial charge in [0.25, 0.3) is 0 Å².